The van der Waals surface area contributed by atoms with Gasteiger partial charge >= 0.3 is 6.61 Å². The second kappa shape index (κ2) is 8.75. The van der Waals surface area contributed by atoms with Crippen LogP contribution in [0.1, 0.15) is 21.9 Å². The lowest BCUT2D eigenvalue weighted by Crippen LogP contribution is -2.11. The fourth-order valence-corrected chi connectivity index (χ4v) is 2.63. The monoisotopic (exact) mass is 407 g/mol. The van der Waals surface area contributed by atoms with E-state index in [9.17, 15) is 13.6 Å². The van der Waals surface area contributed by atoms with Crippen molar-refractivity contribution in [2.45, 2.75) is 20.1 Å². The highest BCUT2D eigenvalue weighted by Crippen LogP contribution is 2.29. The normalized spacial score (nSPS) is 10.8. The van der Waals surface area contributed by atoms with Gasteiger partial charge in [0, 0.05) is 5.69 Å². The second-order valence-electron chi connectivity index (χ2n) is 5.85. The molecule has 1 aromatic heterocycles. The summed E-state index contributed by atoms with van der Waals surface area (Å²) in [7, 11) is 0. The Morgan fingerprint density at radius 2 is 2.00 bits per heavy atom. The Kier molecular flexibility index (Phi) is 6.16. The third kappa shape index (κ3) is 5.23. The molecule has 0 saturated carbocycles. The number of amides is 1. The fraction of sp³-hybridized carbons (Fsp3) is 0.150. The van der Waals surface area contributed by atoms with Crippen LogP contribution in [-0.2, 0) is 6.61 Å². The summed E-state index contributed by atoms with van der Waals surface area (Å²) in [5.41, 5.74) is 1.38. The molecule has 0 fully saturated rings. The minimum Gasteiger partial charge on any atom is -0.486 e. The smallest absolute Gasteiger partial charge is 0.387 e. The van der Waals surface area contributed by atoms with Crippen molar-refractivity contribution in [1.29, 1.82) is 0 Å². The molecule has 8 heteroatoms. The lowest BCUT2D eigenvalue weighted by atomic mass is 10.2. The van der Waals surface area contributed by atoms with Crippen LogP contribution in [0.3, 0.4) is 0 Å². The van der Waals surface area contributed by atoms with E-state index in [-0.39, 0.29) is 23.1 Å². The van der Waals surface area contributed by atoms with Crippen LogP contribution < -0.4 is 14.8 Å². The van der Waals surface area contributed by atoms with Gasteiger partial charge in [-0.1, -0.05) is 23.7 Å². The van der Waals surface area contributed by atoms with Gasteiger partial charge in [0.05, 0.1) is 5.02 Å². The van der Waals surface area contributed by atoms with Crippen LogP contribution in [0.25, 0.3) is 0 Å². The first kappa shape index (κ1) is 19.7. The van der Waals surface area contributed by atoms with Gasteiger partial charge in [-0.05, 0) is 55.0 Å². The number of carbonyl (C=O) groups is 1. The summed E-state index contributed by atoms with van der Waals surface area (Å²) in [5, 5.41) is 2.52. The highest BCUT2D eigenvalue weighted by atomic mass is 35.5. The van der Waals surface area contributed by atoms with Gasteiger partial charge in [-0.2, -0.15) is 8.78 Å². The summed E-state index contributed by atoms with van der Waals surface area (Å²) < 4.78 is 39.9. The Morgan fingerprint density at radius 1 is 1.18 bits per heavy atom. The van der Waals surface area contributed by atoms with Crippen LogP contribution in [0.4, 0.5) is 14.5 Å². The second-order valence-corrected chi connectivity index (χ2v) is 6.26. The molecule has 0 unspecified atom stereocenters. The maximum atomic E-state index is 12.3. The average Bonchev–Trinajstić information content (AvgIpc) is 3.11. The van der Waals surface area contributed by atoms with E-state index in [0.29, 0.717) is 17.2 Å². The number of benzene rings is 2. The van der Waals surface area contributed by atoms with Gasteiger partial charge < -0.3 is 19.2 Å². The van der Waals surface area contributed by atoms with Crippen molar-refractivity contribution in [1.82, 2.24) is 0 Å². The summed E-state index contributed by atoms with van der Waals surface area (Å²) >= 11 is 5.87. The summed E-state index contributed by atoms with van der Waals surface area (Å²) in [4.78, 5) is 12.3. The third-order valence-corrected chi connectivity index (χ3v) is 3.96. The summed E-state index contributed by atoms with van der Waals surface area (Å²) in [6.07, 6.45) is 0. The van der Waals surface area contributed by atoms with E-state index >= 15 is 0 Å². The molecule has 0 aliphatic rings. The van der Waals surface area contributed by atoms with Crippen LogP contribution in [0, 0.1) is 6.92 Å². The molecule has 0 saturated heterocycles. The molecule has 0 atom stereocenters. The van der Waals surface area contributed by atoms with E-state index < -0.39 is 12.5 Å². The molecular formula is C20H16ClF2NO4. The minimum absolute atomic E-state index is 0.0511. The Bertz CT molecular complexity index is 974. The van der Waals surface area contributed by atoms with E-state index in [1.165, 1.54) is 24.3 Å². The zero-order chi connectivity index (χ0) is 20.1. The van der Waals surface area contributed by atoms with Crippen LogP contribution in [0.2, 0.25) is 5.02 Å². The molecule has 1 amide bonds. The average molecular weight is 408 g/mol. The van der Waals surface area contributed by atoms with Crippen LogP contribution >= 0.6 is 11.6 Å². The Hall–Kier alpha value is -3.06. The number of hydrogen-bond acceptors (Lipinski definition) is 4. The van der Waals surface area contributed by atoms with Crippen molar-refractivity contribution in [3.63, 3.8) is 0 Å². The number of ether oxygens (including phenoxy) is 2. The number of anilines is 1. The molecule has 1 heterocycles. The van der Waals surface area contributed by atoms with Gasteiger partial charge in [-0.25, -0.2) is 0 Å². The van der Waals surface area contributed by atoms with Gasteiger partial charge in [0.2, 0.25) is 0 Å². The van der Waals surface area contributed by atoms with Crippen molar-refractivity contribution in [2.75, 3.05) is 5.32 Å². The van der Waals surface area contributed by atoms with Gasteiger partial charge in [-0.15, -0.1) is 0 Å². The molecule has 3 rings (SSSR count). The summed E-state index contributed by atoms with van der Waals surface area (Å²) in [6.45, 7) is -0.857. The van der Waals surface area contributed by atoms with E-state index in [0.717, 1.165) is 5.56 Å². The minimum atomic E-state index is -2.98. The zero-order valence-corrected chi connectivity index (χ0v) is 15.5. The van der Waals surface area contributed by atoms with E-state index in [1.54, 1.807) is 6.07 Å². The van der Waals surface area contributed by atoms with E-state index in [1.807, 2.05) is 31.2 Å². The number of alkyl halides is 2. The van der Waals surface area contributed by atoms with Crippen LogP contribution in [0.15, 0.2) is 59.0 Å². The molecule has 0 aliphatic carbocycles. The quantitative estimate of drug-likeness (QED) is 0.547. The van der Waals surface area contributed by atoms with Crippen molar-refractivity contribution in [3.05, 3.63) is 76.7 Å². The number of aryl methyl sites for hydroxylation is 1. The molecule has 2 aromatic carbocycles. The molecular weight excluding hydrogens is 392 g/mol. The number of hydrogen-bond donors (Lipinski definition) is 1. The maximum absolute atomic E-state index is 12.3. The van der Waals surface area contributed by atoms with Crippen molar-refractivity contribution in [3.8, 4) is 11.5 Å². The van der Waals surface area contributed by atoms with Gasteiger partial charge in [0.15, 0.2) is 5.76 Å². The lowest BCUT2D eigenvalue weighted by Gasteiger charge is -2.09. The largest absolute Gasteiger partial charge is 0.486 e. The first-order chi connectivity index (χ1) is 13.4. The maximum Gasteiger partial charge on any atom is 0.387 e. The Balaban J connectivity index is 1.60. The highest BCUT2D eigenvalue weighted by molar-refractivity contribution is 6.32. The molecule has 28 heavy (non-hydrogen) atoms. The van der Waals surface area contributed by atoms with Crippen molar-refractivity contribution >= 4 is 23.2 Å². The van der Waals surface area contributed by atoms with Crippen LogP contribution in [0.5, 0.6) is 11.5 Å². The van der Waals surface area contributed by atoms with Crippen molar-refractivity contribution < 1.29 is 27.5 Å². The third-order valence-electron chi connectivity index (χ3n) is 3.66. The van der Waals surface area contributed by atoms with Crippen molar-refractivity contribution in [2.24, 2.45) is 0 Å². The zero-order valence-electron chi connectivity index (χ0n) is 14.7. The number of furan rings is 1. The molecule has 1 N–H and O–H groups in total. The standard InChI is InChI=1S/C20H16ClF2NO4/c1-12-3-2-4-14(9-12)26-11-15-6-8-18(27-15)19(25)24-13-5-7-17(16(21)10-13)28-20(22)23/h2-10,20H,11H2,1H3,(H,24,25). The molecule has 3 aromatic rings. The number of carbonyl (C=O) groups excluding carboxylic acids is 1. The lowest BCUT2D eigenvalue weighted by molar-refractivity contribution is -0.0497. The van der Waals surface area contributed by atoms with Gasteiger partial charge in [-0.3, -0.25) is 4.79 Å². The predicted molar refractivity (Wildman–Crippen MR) is 100 cm³/mol. The molecule has 0 bridgehead atoms. The van der Waals surface area contributed by atoms with E-state index in [4.69, 9.17) is 20.8 Å². The molecule has 0 spiro atoms. The SMILES string of the molecule is Cc1cccc(OCc2ccc(C(=O)Nc3ccc(OC(F)F)c(Cl)c3)o2)c1. The number of halogens is 3. The topological polar surface area (TPSA) is 60.7 Å². The molecule has 0 radical (unpaired) electrons. The highest BCUT2D eigenvalue weighted by Gasteiger charge is 2.14. The molecule has 5 nitrogen and oxygen atoms in total. The first-order valence-corrected chi connectivity index (χ1v) is 8.62. The Labute approximate surface area is 164 Å². The molecule has 146 valence electrons. The fourth-order valence-electron chi connectivity index (χ4n) is 2.40. The first-order valence-electron chi connectivity index (χ1n) is 8.24. The number of nitrogens with one attached hydrogen (secondary N) is 1. The summed E-state index contributed by atoms with van der Waals surface area (Å²) in [5.74, 6) is 0.559. The van der Waals surface area contributed by atoms with Gasteiger partial charge in [0.25, 0.3) is 5.91 Å². The van der Waals surface area contributed by atoms with E-state index in [2.05, 4.69) is 10.1 Å². The number of rotatable bonds is 7. The van der Waals surface area contributed by atoms with Gasteiger partial charge in [0.1, 0.15) is 23.9 Å². The predicted octanol–water partition coefficient (Wildman–Crippen LogP) is 5.67. The van der Waals surface area contributed by atoms with Crippen LogP contribution in [-0.4, -0.2) is 12.5 Å². The Morgan fingerprint density at radius 3 is 2.71 bits per heavy atom. The summed E-state index contributed by atoms with van der Waals surface area (Å²) in [6, 6.07) is 14.7. The molecule has 0 aliphatic heterocycles.